The molecule has 1 rings (SSSR count). The molecule has 0 N–H and O–H groups in total. The van der Waals surface area contributed by atoms with Crippen LogP contribution in [0.3, 0.4) is 0 Å². The van der Waals surface area contributed by atoms with Crippen molar-refractivity contribution < 1.29 is 14.2 Å². The van der Waals surface area contributed by atoms with Crippen molar-refractivity contribution in [2.75, 3.05) is 27.8 Å². The third-order valence-electron chi connectivity index (χ3n) is 3.03. The molecule has 0 aliphatic heterocycles. The van der Waals surface area contributed by atoms with Gasteiger partial charge in [-0.2, -0.15) is 0 Å². The Morgan fingerprint density at radius 1 is 0.773 bits per heavy atom. The predicted octanol–water partition coefficient (Wildman–Crippen LogP) is 5.25. The molecule has 3 nitrogen and oxygen atoms in total. The van der Waals surface area contributed by atoms with Crippen molar-refractivity contribution in [3.8, 4) is 0 Å². The molecule has 0 aliphatic rings. The van der Waals surface area contributed by atoms with Gasteiger partial charge in [-0.1, -0.05) is 63.5 Å². The van der Waals surface area contributed by atoms with Crippen molar-refractivity contribution in [1.82, 2.24) is 0 Å². The topological polar surface area (TPSA) is 27.7 Å². The largest absolute Gasteiger partial charge is 0.359 e. The minimum absolute atomic E-state index is 0.212. The molecule has 0 fully saturated rings. The fourth-order valence-electron chi connectivity index (χ4n) is 1.66. The molecule has 22 heavy (non-hydrogen) atoms. The van der Waals surface area contributed by atoms with Crippen LogP contribution in [0.25, 0.3) is 0 Å². The first-order valence-corrected chi connectivity index (χ1v) is 8.19. The van der Waals surface area contributed by atoms with Crippen molar-refractivity contribution in [2.24, 2.45) is 0 Å². The van der Waals surface area contributed by atoms with E-state index >= 15 is 0 Å². The molecule has 0 saturated heterocycles. The SMILES string of the molecule is CC(C)(C)c1cc(Br)cc(C(C)(C)C)c1.COCOCOC. The van der Waals surface area contributed by atoms with Gasteiger partial charge in [0, 0.05) is 18.7 Å². The Morgan fingerprint density at radius 2 is 1.14 bits per heavy atom. The number of benzene rings is 1. The van der Waals surface area contributed by atoms with Crippen molar-refractivity contribution in [3.05, 3.63) is 33.8 Å². The molecule has 0 heterocycles. The van der Waals surface area contributed by atoms with E-state index in [4.69, 9.17) is 0 Å². The van der Waals surface area contributed by atoms with E-state index in [1.165, 1.54) is 15.6 Å². The number of hydrogen-bond donors (Lipinski definition) is 0. The van der Waals surface area contributed by atoms with Crippen LogP contribution in [-0.4, -0.2) is 27.8 Å². The summed E-state index contributed by atoms with van der Waals surface area (Å²) in [5.41, 5.74) is 3.21. The Morgan fingerprint density at radius 3 is 1.41 bits per heavy atom. The number of halogens is 1. The molecule has 4 heteroatoms. The molecular formula is C18H31BrO3. The maximum atomic E-state index is 4.69. The molecular weight excluding hydrogens is 344 g/mol. The molecule has 0 radical (unpaired) electrons. The van der Waals surface area contributed by atoms with Crippen molar-refractivity contribution in [2.45, 2.75) is 52.4 Å². The highest BCUT2D eigenvalue weighted by atomic mass is 79.9. The van der Waals surface area contributed by atoms with Gasteiger partial charge in [-0.25, -0.2) is 0 Å². The summed E-state index contributed by atoms with van der Waals surface area (Å²) in [5.74, 6) is 0. The number of ether oxygens (including phenoxy) is 3. The van der Waals surface area contributed by atoms with Crippen molar-refractivity contribution in [1.29, 1.82) is 0 Å². The number of methoxy groups -OCH3 is 2. The van der Waals surface area contributed by atoms with Gasteiger partial charge in [0.2, 0.25) is 0 Å². The van der Waals surface area contributed by atoms with Crippen LogP contribution in [0.15, 0.2) is 22.7 Å². The molecule has 128 valence electrons. The Hall–Kier alpha value is -0.420. The van der Waals surface area contributed by atoms with Crippen LogP contribution in [0.2, 0.25) is 0 Å². The molecule has 0 unspecified atom stereocenters. The fraction of sp³-hybridized carbons (Fsp3) is 0.667. The number of rotatable bonds is 4. The first kappa shape index (κ1) is 21.6. The molecule has 0 bridgehead atoms. The highest BCUT2D eigenvalue weighted by Crippen LogP contribution is 2.31. The van der Waals surface area contributed by atoms with Gasteiger partial charge in [0.1, 0.15) is 13.6 Å². The van der Waals surface area contributed by atoms with Crippen LogP contribution in [0.1, 0.15) is 52.7 Å². The molecule has 0 saturated carbocycles. The quantitative estimate of drug-likeness (QED) is 0.531. The van der Waals surface area contributed by atoms with Gasteiger partial charge in [0.15, 0.2) is 0 Å². The molecule has 0 amide bonds. The third kappa shape index (κ3) is 8.89. The van der Waals surface area contributed by atoms with Crippen molar-refractivity contribution >= 4 is 15.9 Å². The van der Waals surface area contributed by atoms with Gasteiger partial charge in [-0.3, -0.25) is 0 Å². The van der Waals surface area contributed by atoms with E-state index in [9.17, 15) is 0 Å². The zero-order valence-electron chi connectivity index (χ0n) is 15.2. The molecule has 1 aromatic rings. The highest BCUT2D eigenvalue weighted by molar-refractivity contribution is 9.10. The average molecular weight is 375 g/mol. The zero-order chi connectivity index (χ0) is 17.4. The summed E-state index contributed by atoms with van der Waals surface area (Å²) < 4.78 is 15.0. The monoisotopic (exact) mass is 374 g/mol. The van der Waals surface area contributed by atoms with E-state index in [2.05, 4.69) is 89.9 Å². The second-order valence-corrected chi connectivity index (χ2v) is 8.16. The van der Waals surface area contributed by atoms with Gasteiger partial charge >= 0.3 is 0 Å². The van der Waals surface area contributed by atoms with Crippen molar-refractivity contribution in [3.63, 3.8) is 0 Å². The van der Waals surface area contributed by atoms with Gasteiger partial charge in [-0.15, -0.1) is 0 Å². The lowest BCUT2D eigenvalue weighted by Crippen LogP contribution is -2.16. The second-order valence-electron chi connectivity index (χ2n) is 7.25. The van der Waals surface area contributed by atoms with E-state index in [1.54, 1.807) is 14.2 Å². The lowest BCUT2D eigenvalue weighted by atomic mass is 9.81. The van der Waals surface area contributed by atoms with E-state index in [0.29, 0.717) is 13.6 Å². The summed E-state index contributed by atoms with van der Waals surface area (Å²) in [6.07, 6.45) is 0. The van der Waals surface area contributed by atoms with Gasteiger partial charge in [0.25, 0.3) is 0 Å². The van der Waals surface area contributed by atoms with E-state index in [-0.39, 0.29) is 10.8 Å². The first-order valence-electron chi connectivity index (χ1n) is 7.39. The van der Waals surface area contributed by atoms with Crippen LogP contribution in [-0.2, 0) is 25.0 Å². The lowest BCUT2D eigenvalue weighted by Gasteiger charge is -2.25. The first-order chi connectivity index (χ1) is 10.0. The molecule has 1 aromatic carbocycles. The van der Waals surface area contributed by atoms with Crippen LogP contribution < -0.4 is 0 Å². The van der Waals surface area contributed by atoms with E-state index in [0.717, 1.165) is 0 Å². The third-order valence-corrected chi connectivity index (χ3v) is 3.49. The Balaban J connectivity index is 0.000000534. The van der Waals surface area contributed by atoms with Crippen LogP contribution >= 0.6 is 15.9 Å². The average Bonchev–Trinajstić information content (AvgIpc) is 2.37. The Labute approximate surface area is 144 Å². The smallest absolute Gasteiger partial charge is 0.149 e. The Kier molecular flexibility index (Phi) is 9.47. The summed E-state index contributed by atoms with van der Waals surface area (Å²) in [6, 6.07) is 6.76. The normalized spacial score (nSPS) is 11.9. The summed E-state index contributed by atoms with van der Waals surface area (Å²) in [4.78, 5) is 0. The minimum Gasteiger partial charge on any atom is -0.359 e. The summed E-state index contributed by atoms with van der Waals surface area (Å²) >= 11 is 3.60. The minimum atomic E-state index is 0.212. The lowest BCUT2D eigenvalue weighted by molar-refractivity contribution is -0.107. The van der Waals surface area contributed by atoms with Gasteiger partial charge in [-0.05, 0) is 34.1 Å². The fourth-order valence-corrected chi connectivity index (χ4v) is 2.15. The Bertz CT molecular complexity index is 395. The maximum absolute atomic E-state index is 4.69. The van der Waals surface area contributed by atoms with Crippen LogP contribution in [0.4, 0.5) is 0 Å². The van der Waals surface area contributed by atoms with Crippen LogP contribution in [0.5, 0.6) is 0 Å². The van der Waals surface area contributed by atoms with Gasteiger partial charge < -0.3 is 14.2 Å². The van der Waals surface area contributed by atoms with E-state index < -0.39 is 0 Å². The molecule has 0 aliphatic carbocycles. The molecule has 0 aromatic heterocycles. The maximum Gasteiger partial charge on any atom is 0.149 e. The standard InChI is InChI=1S/C14H21Br.C4H10O3/c1-13(2,3)10-7-11(14(4,5)6)9-12(15)8-10;1-5-3-7-4-6-2/h7-9H,1-6H3;3-4H2,1-2H3. The zero-order valence-corrected chi connectivity index (χ0v) is 16.8. The summed E-state index contributed by atoms with van der Waals surface area (Å²) in [6.45, 7) is 14.1. The highest BCUT2D eigenvalue weighted by Gasteiger charge is 2.19. The van der Waals surface area contributed by atoms with Gasteiger partial charge in [0.05, 0.1) is 0 Å². The second kappa shape index (κ2) is 9.66. The summed E-state index contributed by atoms with van der Waals surface area (Å²) in [7, 11) is 3.13. The summed E-state index contributed by atoms with van der Waals surface area (Å²) in [5, 5.41) is 0. The van der Waals surface area contributed by atoms with E-state index in [1.807, 2.05) is 0 Å². The molecule has 0 atom stereocenters. The predicted molar refractivity (Wildman–Crippen MR) is 96.4 cm³/mol. The molecule has 0 spiro atoms. The van der Waals surface area contributed by atoms with Crippen LogP contribution in [0, 0.1) is 0 Å². The number of hydrogen-bond acceptors (Lipinski definition) is 3.